The number of nitrogens with zero attached hydrogens (tertiary/aromatic N) is 3. The lowest BCUT2D eigenvalue weighted by atomic mass is 10.1. The molecule has 0 spiro atoms. The standard InChI is InChI=1S/C11H11ClN6/c12-7-1-2-8-6(5-14-10(8)4-7)3-9(13)11-15-17-18-16-11/h1-2,4-5,9,14H,3,13H2,(H,15,16,17,18). The molecule has 1 unspecified atom stereocenters. The minimum atomic E-state index is -0.255. The van der Waals surface area contributed by atoms with Gasteiger partial charge in [0.15, 0.2) is 5.82 Å². The van der Waals surface area contributed by atoms with Crippen molar-refractivity contribution in [3.8, 4) is 0 Å². The van der Waals surface area contributed by atoms with Crippen LogP contribution in [0.15, 0.2) is 24.4 Å². The van der Waals surface area contributed by atoms with Crippen molar-refractivity contribution >= 4 is 22.5 Å². The van der Waals surface area contributed by atoms with Crippen molar-refractivity contribution in [2.24, 2.45) is 5.73 Å². The van der Waals surface area contributed by atoms with Gasteiger partial charge >= 0.3 is 0 Å². The van der Waals surface area contributed by atoms with Gasteiger partial charge in [0.2, 0.25) is 0 Å². The van der Waals surface area contributed by atoms with Crippen molar-refractivity contribution in [3.63, 3.8) is 0 Å². The molecule has 0 aliphatic carbocycles. The first-order valence-electron chi connectivity index (χ1n) is 5.49. The topological polar surface area (TPSA) is 96.3 Å². The minimum Gasteiger partial charge on any atom is -0.361 e. The maximum atomic E-state index is 6.04. The van der Waals surface area contributed by atoms with Crippen LogP contribution in [0.3, 0.4) is 0 Å². The van der Waals surface area contributed by atoms with E-state index in [4.69, 9.17) is 17.3 Å². The van der Waals surface area contributed by atoms with Crippen molar-refractivity contribution in [1.29, 1.82) is 0 Å². The Bertz CT molecular complexity index is 659. The van der Waals surface area contributed by atoms with Gasteiger partial charge in [-0.2, -0.15) is 0 Å². The van der Waals surface area contributed by atoms with E-state index in [1.807, 2.05) is 24.4 Å². The molecule has 0 aliphatic heterocycles. The van der Waals surface area contributed by atoms with Crippen LogP contribution in [0, 0.1) is 0 Å². The second kappa shape index (κ2) is 4.40. The first-order valence-corrected chi connectivity index (χ1v) is 5.86. The van der Waals surface area contributed by atoms with Crippen LogP contribution in [0.1, 0.15) is 17.4 Å². The predicted molar refractivity (Wildman–Crippen MR) is 68.1 cm³/mol. The van der Waals surface area contributed by atoms with Crippen molar-refractivity contribution in [2.75, 3.05) is 0 Å². The number of fused-ring (bicyclic) bond motifs is 1. The van der Waals surface area contributed by atoms with Gasteiger partial charge in [0.05, 0.1) is 6.04 Å². The average Bonchev–Trinajstić information content (AvgIpc) is 2.98. The fraction of sp³-hybridized carbons (Fsp3) is 0.182. The smallest absolute Gasteiger partial charge is 0.165 e. The van der Waals surface area contributed by atoms with Gasteiger partial charge < -0.3 is 10.7 Å². The molecule has 0 fully saturated rings. The molecule has 1 aromatic carbocycles. The second-order valence-corrected chi connectivity index (χ2v) is 4.54. The summed E-state index contributed by atoms with van der Waals surface area (Å²) >= 11 is 5.94. The van der Waals surface area contributed by atoms with Gasteiger partial charge in [-0.3, -0.25) is 0 Å². The van der Waals surface area contributed by atoms with Crippen LogP contribution >= 0.6 is 11.6 Å². The molecular formula is C11H11ClN6. The average molecular weight is 263 g/mol. The predicted octanol–water partition coefficient (Wildman–Crippen LogP) is 1.58. The molecule has 1 atom stereocenters. The van der Waals surface area contributed by atoms with Crippen LogP contribution in [0.25, 0.3) is 10.9 Å². The van der Waals surface area contributed by atoms with Crippen LogP contribution in [-0.2, 0) is 6.42 Å². The molecule has 18 heavy (non-hydrogen) atoms. The summed E-state index contributed by atoms with van der Waals surface area (Å²) in [6.07, 6.45) is 2.59. The number of nitrogens with two attached hydrogens (primary N) is 1. The van der Waals surface area contributed by atoms with Crippen molar-refractivity contribution in [2.45, 2.75) is 12.5 Å². The largest absolute Gasteiger partial charge is 0.361 e. The highest BCUT2D eigenvalue weighted by atomic mass is 35.5. The van der Waals surface area contributed by atoms with E-state index in [1.54, 1.807) is 0 Å². The Labute approximate surface area is 108 Å². The SMILES string of the molecule is NC(Cc1c[nH]c2cc(Cl)ccc12)c1nnn[nH]1. The molecule has 0 aliphatic rings. The number of tetrazole rings is 1. The normalized spacial score (nSPS) is 13.0. The summed E-state index contributed by atoms with van der Waals surface area (Å²) in [5.74, 6) is 0.582. The fourth-order valence-electron chi connectivity index (χ4n) is 1.98. The number of aromatic amines is 2. The van der Waals surface area contributed by atoms with Gasteiger partial charge in [0, 0.05) is 22.1 Å². The van der Waals surface area contributed by atoms with E-state index >= 15 is 0 Å². The first-order chi connectivity index (χ1) is 8.74. The zero-order valence-corrected chi connectivity index (χ0v) is 10.1. The molecule has 2 aromatic heterocycles. The van der Waals surface area contributed by atoms with Crippen LogP contribution in [0.4, 0.5) is 0 Å². The molecule has 4 N–H and O–H groups in total. The van der Waals surface area contributed by atoms with Crippen LogP contribution in [-0.4, -0.2) is 25.6 Å². The third-order valence-corrected chi connectivity index (χ3v) is 3.12. The maximum Gasteiger partial charge on any atom is 0.165 e. The Morgan fingerprint density at radius 2 is 2.28 bits per heavy atom. The molecule has 0 bridgehead atoms. The van der Waals surface area contributed by atoms with Gasteiger partial charge in [-0.1, -0.05) is 17.7 Å². The number of halogens is 1. The van der Waals surface area contributed by atoms with Gasteiger partial charge in [-0.15, -0.1) is 5.10 Å². The van der Waals surface area contributed by atoms with Crippen molar-refractivity contribution in [1.82, 2.24) is 25.6 Å². The second-order valence-electron chi connectivity index (χ2n) is 4.10. The van der Waals surface area contributed by atoms with E-state index < -0.39 is 0 Å². The van der Waals surface area contributed by atoms with Crippen molar-refractivity contribution in [3.05, 3.63) is 40.8 Å². The van der Waals surface area contributed by atoms with E-state index in [0.29, 0.717) is 17.3 Å². The lowest BCUT2D eigenvalue weighted by Gasteiger charge is -2.06. The zero-order chi connectivity index (χ0) is 12.5. The van der Waals surface area contributed by atoms with E-state index in [0.717, 1.165) is 16.5 Å². The van der Waals surface area contributed by atoms with Gasteiger partial charge in [0.1, 0.15) is 0 Å². The lowest BCUT2D eigenvalue weighted by molar-refractivity contribution is 0.671. The maximum absolute atomic E-state index is 6.04. The number of H-pyrrole nitrogens is 2. The van der Waals surface area contributed by atoms with Crippen molar-refractivity contribution < 1.29 is 0 Å². The highest BCUT2D eigenvalue weighted by Gasteiger charge is 2.13. The van der Waals surface area contributed by atoms with Gasteiger partial charge in [0.25, 0.3) is 0 Å². The molecule has 0 saturated heterocycles. The van der Waals surface area contributed by atoms with Crippen LogP contribution in [0.5, 0.6) is 0 Å². The summed E-state index contributed by atoms with van der Waals surface area (Å²) < 4.78 is 0. The number of hydrogen-bond acceptors (Lipinski definition) is 4. The Hall–Kier alpha value is -1.92. The summed E-state index contributed by atoms with van der Waals surface area (Å²) in [6.45, 7) is 0. The quantitative estimate of drug-likeness (QED) is 0.668. The summed E-state index contributed by atoms with van der Waals surface area (Å²) in [5, 5.41) is 15.4. The third-order valence-electron chi connectivity index (χ3n) is 2.88. The number of benzene rings is 1. The first kappa shape index (κ1) is 11.2. The zero-order valence-electron chi connectivity index (χ0n) is 9.39. The lowest BCUT2D eigenvalue weighted by Crippen LogP contribution is -2.15. The number of hydrogen-bond donors (Lipinski definition) is 3. The minimum absolute atomic E-state index is 0.255. The Balaban J connectivity index is 1.91. The summed E-state index contributed by atoms with van der Waals surface area (Å²) in [5.41, 5.74) is 8.15. The third kappa shape index (κ3) is 1.96. The molecule has 0 amide bonds. The Morgan fingerprint density at radius 1 is 1.39 bits per heavy atom. The summed E-state index contributed by atoms with van der Waals surface area (Å²) in [7, 11) is 0. The molecule has 0 saturated carbocycles. The molecule has 6 nitrogen and oxygen atoms in total. The number of aromatic nitrogens is 5. The molecule has 0 radical (unpaired) electrons. The van der Waals surface area contributed by atoms with E-state index in [-0.39, 0.29) is 6.04 Å². The summed E-state index contributed by atoms with van der Waals surface area (Å²) in [4.78, 5) is 3.18. The van der Waals surface area contributed by atoms with E-state index in [1.165, 1.54) is 0 Å². The van der Waals surface area contributed by atoms with Crippen LogP contribution < -0.4 is 5.73 Å². The Morgan fingerprint density at radius 3 is 3.06 bits per heavy atom. The monoisotopic (exact) mass is 262 g/mol. The molecular weight excluding hydrogens is 252 g/mol. The van der Waals surface area contributed by atoms with Gasteiger partial charge in [-0.05, 0) is 34.5 Å². The molecule has 7 heteroatoms. The molecule has 3 rings (SSSR count). The molecule has 3 aromatic rings. The molecule has 92 valence electrons. The van der Waals surface area contributed by atoms with Gasteiger partial charge in [-0.25, -0.2) is 5.10 Å². The Kier molecular flexibility index (Phi) is 2.73. The molecule has 2 heterocycles. The highest BCUT2D eigenvalue weighted by Crippen LogP contribution is 2.24. The number of rotatable bonds is 3. The van der Waals surface area contributed by atoms with Crippen LogP contribution in [0.2, 0.25) is 5.02 Å². The number of nitrogens with one attached hydrogen (secondary N) is 2. The fourth-order valence-corrected chi connectivity index (χ4v) is 2.16. The summed E-state index contributed by atoms with van der Waals surface area (Å²) in [6, 6.07) is 5.48. The van der Waals surface area contributed by atoms with E-state index in [9.17, 15) is 0 Å². The highest BCUT2D eigenvalue weighted by molar-refractivity contribution is 6.31. The van der Waals surface area contributed by atoms with E-state index in [2.05, 4.69) is 25.6 Å².